The fourth-order valence-electron chi connectivity index (χ4n) is 2.67. The van der Waals surface area contributed by atoms with E-state index in [4.69, 9.17) is 5.11 Å². The van der Waals surface area contributed by atoms with Crippen molar-refractivity contribution in [3.05, 3.63) is 12.7 Å². The summed E-state index contributed by atoms with van der Waals surface area (Å²) in [6.45, 7) is 4.25. The highest BCUT2D eigenvalue weighted by atomic mass is 16.4. The van der Waals surface area contributed by atoms with Crippen molar-refractivity contribution in [2.45, 2.75) is 26.3 Å². The second kappa shape index (κ2) is 5.07. The first-order valence-electron chi connectivity index (χ1n) is 6.84. The second-order valence-corrected chi connectivity index (χ2v) is 5.00. The van der Waals surface area contributed by atoms with Crippen LogP contribution in [0.5, 0.6) is 0 Å². The van der Waals surface area contributed by atoms with Crippen LogP contribution in [0, 0.1) is 5.92 Å². The van der Waals surface area contributed by atoms with Crippen LogP contribution in [0.2, 0.25) is 0 Å². The van der Waals surface area contributed by atoms with Crippen molar-refractivity contribution >= 4 is 23.0 Å². The summed E-state index contributed by atoms with van der Waals surface area (Å²) in [5, 5.41) is 9.04. The molecule has 1 aliphatic heterocycles. The number of piperidine rings is 1. The second-order valence-electron chi connectivity index (χ2n) is 5.00. The van der Waals surface area contributed by atoms with Crippen molar-refractivity contribution in [1.29, 1.82) is 0 Å². The molecule has 1 fully saturated rings. The van der Waals surface area contributed by atoms with Gasteiger partial charge in [0, 0.05) is 19.6 Å². The number of aryl methyl sites for hydroxylation is 1. The predicted molar refractivity (Wildman–Crippen MR) is 73.6 cm³/mol. The van der Waals surface area contributed by atoms with Gasteiger partial charge in [0.05, 0.1) is 12.2 Å². The number of hydrogen-bond donors (Lipinski definition) is 1. The molecule has 3 heterocycles. The van der Waals surface area contributed by atoms with Gasteiger partial charge in [0.15, 0.2) is 17.0 Å². The van der Waals surface area contributed by atoms with Crippen LogP contribution in [0.1, 0.15) is 19.8 Å². The van der Waals surface area contributed by atoms with Crippen LogP contribution in [-0.4, -0.2) is 43.7 Å². The van der Waals surface area contributed by atoms with Gasteiger partial charge in [-0.3, -0.25) is 4.79 Å². The van der Waals surface area contributed by atoms with Gasteiger partial charge < -0.3 is 14.6 Å². The summed E-state index contributed by atoms with van der Waals surface area (Å²) in [7, 11) is 0. The minimum Gasteiger partial charge on any atom is -0.481 e. The summed E-state index contributed by atoms with van der Waals surface area (Å²) in [5.74, 6) is -0.129. The van der Waals surface area contributed by atoms with Crippen LogP contribution in [-0.2, 0) is 11.3 Å². The Morgan fingerprint density at radius 2 is 2.10 bits per heavy atom. The average molecular weight is 275 g/mol. The molecule has 0 spiro atoms. The molecule has 1 saturated heterocycles. The number of carboxylic acid groups (broad SMARTS) is 1. The van der Waals surface area contributed by atoms with Gasteiger partial charge in [0.25, 0.3) is 0 Å². The number of hydrogen-bond acceptors (Lipinski definition) is 5. The van der Waals surface area contributed by atoms with Crippen molar-refractivity contribution < 1.29 is 9.90 Å². The smallest absolute Gasteiger partial charge is 0.306 e. The number of aliphatic carboxylic acids is 1. The van der Waals surface area contributed by atoms with Gasteiger partial charge >= 0.3 is 5.97 Å². The van der Waals surface area contributed by atoms with Gasteiger partial charge in [-0.25, -0.2) is 15.0 Å². The quantitative estimate of drug-likeness (QED) is 0.904. The zero-order valence-corrected chi connectivity index (χ0v) is 11.4. The number of aromatic nitrogens is 4. The Morgan fingerprint density at radius 3 is 2.75 bits per heavy atom. The molecule has 0 unspecified atom stereocenters. The summed E-state index contributed by atoms with van der Waals surface area (Å²) in [6, 6.07) is 0. The van der Waals surface area contributed by atoms with E-state index in [1.54, 1.807) is 12.7 Å². The highest BCUT2D eigenvalue weighted by Gasteiger charge is 2.26. The van der Waals surface area contributed by atoms with E-state index in [0.717, 1.165) is 23.5 Å². The number of imidazole rings is 1. The lowest BCUT2D eigenvalue weighted by Gasteiger charge is -2.30. The van der Waals surface area contributed by atoms with Crippen molar-refractivity contribution in [3.8, 4) is 0 Å². The topological polar surface area (TPSA) is 84.1 Å². The lowest BCUT2D eigenvalue weighted by molar-refractivity contribution is -0.142. The van der Waals surface area contributed by atoms with Crippen molar-refractivity contribution in [2.75, 3.05) is 18.0 Å². The zero-order valence-electron chi connectivity index (χ0n) is 11.4. The Kier molecular flexibility index (Phi) is 3.25. The van der Waals surface area contributed by atoms with E-state index < -0.39 is 5.97 Å². The van der Waals surface area contributed by atoms with Crippen LogP contribution >= 0.6 is 0 Å². The molecule has 0 aliphatic carbocycles. The molecule has 0 bridgehead atoms. The summed E-state index contributed by atoms with van der Waals surface area (Å²) in [5.41, 5.74) is 1.63. The average Bonchev–Trinajstić information content (AvgIpc) is 2.90. The van der Waals surface area contributed by atoms with Gasteiger partial charge in [0.2, 0.25) is 0 Å². The van der Waals surface area contributed by atoms with Crippen LogP contribution in [0.15, 0.2) is 12.7 Å². The maximum atomic E-state index is 11.0. The van der Waals surface area contributed by atoms with E-state index in [1.165, 1.54) is 0 Å². The normalized spacial score (nSPS) is 16.8. The Bertz CT molecular complexity index is 631. The number of carbonyl (C=O) groups is 1. The first kappa shape index (κ1) is 12.8. The van der Waals surface area contributed by atoms with E-state index >= 15 is 0 Å². The summed E-state index contributed by atoms with van der Waals surface area (Å²) in [4.78, 5) is 26.1. The Labute approximate surface area is 116 Å². The van der Waals surface area contributed by atoms with Crippen molar-refractivity contribution in [2.24, 2.45) is 5.92 Å². The van der Waals surface area contributed by atoms with E-state index in [-0.39, 0.29) is 5.92 Å². The molecular weight excluding hydrogens is 258 g/mol. The lowest BCUT2D eigenvalue weighted by atomic mass is 9.97. The summed E-state index contributed by atoms with van der Waals surface area (Å²) in [6.07, 6.45) is 4.62. The van der Waals surface area contributed by atoms with Crippen LogP contribution in [0.25, 0.3) is 11.2 Å². The van der Waals surface area contributed by atoms with Crippen LogP contribution in [0.3, 0.4) is 0 Å². The third-order valence-electron chi connectivity index (χ3n) is 3.87. The molecule has 0 saturated carbocycles. The monoisotopic (exact) mass is 275 g/mol. The molecular formula is C13H17N5O2. The van der Waals surface area contributed by atoms with Crippen molar-refractivity contribution in [3.63, 3.8) is 0 Å². The lowest BCUT2D eigenvalue weighted by Crippen LogP contribution is -2.36. The third kappa shape index (κ3) is 2.09. The number of nitrogens with zero attached hydrogens (tertiary/aromatic N) is 5. The number of anilines is 1. The predicted octanol–water partition coefficient (Wildman–Crippen LogP) is 1.15. The van der Waals surface area contributed by atoms with Gasteiger partial charge in [-0.05, 0) is 19.8 Å². The largest absolute Gasteiger partial charge is 0.481 e. The molecule has 0 atom stereocenters. The molecule has 0 aromatic carbocycles. The van der Waals surface area contributed by atoms with E-state index in [0.29, 0.717) is 25.9 Å². The standard InChI is InChI=1S/C13H17N5O2/c1-2-17-8-16-10-11(17)14-7-15-12(10)18-5-3-9(4-6-18)13(19)20/h7-9H,2-6H2,1H3,(H,19,20). The van der Waals surface area contributed by atoms with Gasteiger partial charge in [0.1, 0.15) is 6.33 Å². The molecule has 0 amide bonds. The minimum atomic E-state index is -0.701. The molecule has 7 heteroatoms. The molecule has 20 heavy (non-hydrogen) atoms. The number of carboxylic acids is 1. The van der Waals surface area contributed by atoms with Crippen LogP contribution < -0.4 is 4.90 Å². The summed E-state index contributed by atoms with van der Waals surface area (Å²) >= 11 is 0. The molecule has 7 nitrogen and oxygen atoms in total. The zero-order chi connectivity index (χ0) is 14.1. The molecule has 2 aromatic rings. The van der Waals surface area contributed by atoms with Gasteiger partial charge in [-0.15, -0.1) is 0 Å². The Morgan fingerprint density at radius 1 is 1.35 bits per heavy atom. The summed E-state index contributed by atoms with van der Waals surface area (Å²) < 4.78 is 1.98. The Hall–Kier alpha value is -2.18. The Balaban J connectivity index is 1.88. The number of fused-ring (bicyclic) bond motifs is 1. The van der Waals surface area contributed by atoms with Crippen molar-refractivity contribution in [1.82, 2.24) is 19.5 Å². The SMILES string of the molecule is CCn1cnc2c(N3CCC(C(=O)O)CC3)ncnc21. The maximum Gasteiger partial charge on any atom is 0.306 e. The molecule has 2 aromatic heterocycles. The molecule has 106 valence electrons. The first-order chi connectivity index (χ1) is 9.70. The minimum absolute atomic E-state index is 0.239. The van der Waals surface area contributed by atoms with Gasteiger partial charge in [-0.2, -0.15) is 0 Å². The van der Waals surface area contributed by atoms with Gasteiger partial charge in [-0.1, -0.05) is 0 Å². The number of rotatable bonds is 3. The highest BCUT2D eigenvalue weighted by Crippen LogP contribution is 2.26. The molecule has 0 radical (unpaired) electrons. The fraction of sp³-hybridized carbons (Fsp3) is 0.538. The maximum absolute atomic E-state index is 11.0. The third-order valence-corrected chi connectivity index (χ3v) is 3.87. The highest BCUT2D eigenvalue weighted by molar-refractivity contribution is 5.83. The van der Waals surface area contributed by atoms with E-state index in [9.17, 15) is 4.79 Å². The van der Waals surface area contributed by atoms with E-state index in [2.05, 4.69) is 19.9 Å². The first-order valence-corrected chi connectivity index (χ1v) is 6.84. The van der Waals surface area contributed by atoms with Crippen LogP contribution in [0.4, 0.5) is 5.82 Å². The fourth-order valence-corrected chi connectivity index (χ4v) is 2.67. The van der Waals surface area contributed by atoms with E-state index in [1.807, 2.05) is 11.5 Å². The molecule has 1 N–H and O–H groups in total. The molecule has 1 aliphatic rings. The molecule has 3 rings (SSSR count).